The molecule has 98 valence electrons. The number of rotatable bonds is 6. The molecule has 1 aromatic heterocycles. The first-order valence-electron chi connectivity index (χ1n) is 5.97. The van der Waals surface area contributed by atoms with Crippen LogP contribution in [0.4, 0.5) is 0 Å². The molecule has 0 aliphatic heterocycles. The van der Waals surface area contributed by atoms with Crippen molar-refractivity contribution in [3.05, 3.63) is 39.8 Å². The molecule has 0 aliphatic rings. The van der Waals surface area contributed by atoms with Crippen LogP contribution in [-0.2, 0) is 6.42 Å². The predicted molar refractivity (Wildman–Crippen MR) is 71.4 cm³/mol. The Bertz CT molecular complexity index is 514. The van der Waals surface area contributed by atoms with Gasteiger partial charge >= 0.3 is 0 Å². The summed E-state index contributed by atoms with van der Waals surface area (Å²) in [5.41, 5.74) is 1.78. The number of hydrogen-bond acceptors (Lipinski definition) is 3. The third-order valence-corrected chi connectivity index (χ3v) is 2.67. The van der Waals surface area contributed by atoms with Gasteiger partial charge in [-0.1, -0.05) is 12.5 Å². The Labute approximate surface area is 107 Å². The SMILES string of the molecule is C=C(C)CCc1cc(=O)c(OC)c(C(=O)CC)[nH]1. The second kappa shape index (κ2) is 6.19. The number of hydrogen-bond donors (Lipinski definition) is 1. The van der Waals surface area contributed by atoms with Gasteiger partial charge in [0.2, 0.25) is 5.43 Å². The van der Waals surface area contributed by atoms with Gasteiger partial charge in [-0.2, -0.15) is 0 Å². The number of ether oxygens (including phenoxy) is 1. The molecule has 0 unspecified atom stereocenters. The minimum Gasteiger partial charge on any atom is -0.491 e. The first-order valence-corrected chi connectivity index (χ1v) is 5.97. The van der Waals surface area contributed by atoms with Gasteiger partial charge in [0.1, 0.15) is 5.69 Å². The third kappa shape index (κ3) is 3.32. The fourth-order valence-corrected chi connectivity index (χ4v) is 1.66. The van der Waals surface area contributed by atoms with Gasteiger partial charge in [-0.15, -0.1) is 6.58 Å². The van der Waals surface area contributed by atoms with Crippen molar-refractivity contribution in [3.63, 3.8) is 0 Å². The van der Waals surface area contributed by atoms with E-state index in [4.69, 9.17) is 4.74 Å². The summed E-state index contributed by atoms with van der Waals surface area (Å²) in [7, 11) is 1.39. The zero-order valence-corrected chi connectivity index (χ0v) is 11.1. The number of pyridine rings is 1. The fourth-order valence-electron chi connectivity index (χ4n) is 1.66. The number of H-pyrrole nitrogens is 1. The molecular weight excluding hydrogens is 230 g/mol. The Kier molecular flexibility index (Phi) is 4.89. The first-order chi connectivity index (χ1) is 8.49. The van der Waals surface area contributed by atoms with Crippen molar-refractivity contribution in [2.24, 2.45) is 0 Å². The normalized spacial score (nSPS) is 10.2. The number of ketones is 1. The molecule has 1 N–H and O–H groups in total. The lowest BCUT2D eigenvalue weighted by atomic mass is 10.1. The number of Topliss-reactive ketones (excluding diaryl/α,β-unsaturated/α-hetero) is 1. The van der Waals surface area contributed by atoms with Crippen molar-refractivity contribution in [2.45, 2.75) is 33.1 Å². The fraction of sp³-hybridized carbons (Fsp3) is 0.429. The van der Waals surface area contributed by atoms with Crippen LogP contribution in [0.3, 0.4) is 0 Å². The van der Waals surface area contributed by atoms with Crippen molar-refractivity contribution in [1.82, 2.24) is 4.98 Å². The number of allylic oxidation sites excluding steroid dienone is 1. The molecule has 0 radical (unpaired) electrons. The molecule has 1 rings (SSSR count). The van der Waals surface area contributed by atoms with E-state index in [2.05, 4.69) is 11.6 Å². The maximum atomic E-state index is 11.8. The molecule has 0 aliphatic carbocycles. The maximum Gasteiger partial charge on any atom is 0.224 e. The highest BCUT2D eigenvalue weighted by Gasteiger charge is 2.15. The van der Waals surface area contributed by atoms with E-state index >= 15 is 0 Å². The summed E-state index contributed by atoms with van der Waals surface area (Å²) in [6.07, 6.45) is 1.77. The van der Waals surface area contributed by atoms with Crippen molar-refractivity contribution in [3.8, 4) is 5.75 Å². The number of aryl methyl sites for hydroxylation is 1. The second-order valence-electron chi connectivity index (χ2n) is 4.30. The number of methoxy groups -OCH3 is 1. The Morgan fingerprint density at radius 3 is 2.67 bits per heavy atom. The summed E-state index contributed by atoms with van der Waals surface area (Å²) in [4.78, 5) is 26.6. The number of carbonyl (C=O) groups excluding carboxylic acids is 1. The van der Waals surface area contributed by atoms with Crippen LogP contribution in [0.2, 0.25) is 0 Å². The van der Waals surface area contributed by atoms with Crippen LogP contribution >= 0.6 is 0 Å². The lowest BCUT2D eigenvalue weighted by Gasteiger charge is -2.09. The van der Waals surface area contributed by atoms with Crippen LogP contribution in [-0.4, -0.2) is 17.9 Å². The third-order valence-electron chi connectivity index (χ3n) is 2.67. The van der Waals surface area contributed by atoms with Crippen LogP contribution in [0.15, 0.2) is 23.0 Å². The average Bonchev–Trinajstić information content (AvgIpc) is 2.34. The largest absolute Gasteiger partial charge is 0.491 e. The number of aromatic amines is 1. The minimum absolute atomic E-state index is 0.0981. The van der Waals surface area contributed by atoms with Gasteiger partial charge in [-0.3, -0.25) is 9.59 Å². The monoisotopic (exact) mass is 249 g/mol. The van der Waals surface area contributed by atoms with Gasteiger partial charge in [0, 0.05) is 18.2 Å². The van der Waals surface area contributed by atoms with E-state index in [-0.39, 0.29) is 22.7 Å². The van der Waals surface area contributed by atoms with Crippen LogP contribution in [0.5, 0.6) is 5.75 Å². The van der Waals surface area contributed by atoms with Crippen molar-refractivity contribution in [2.75, 3.05) is 7.11 Å². The van der Waals surface area contributed by atoms with E-state index in [1.165, 1.54) is 13.2 Å². The highest BCUT2D eigenvalue weighted by atomic mass is 16.5. The molecule has 0 bridgehead atoms. The topological polar surface area (TPSA) is 59.2 Å². The van der Waals surface area contributed by atoms with Crippen LogP contribution in [0.25, 0.3) is 0 Å². The number of nitrogens with one attached hydrogen (secondary N) is 1. The van der Waals surface area contributed by atoms with Gasteiger partial charge in [0.15, 0.2) is 11.5 Å². The molecule has 0 atom stereocenters. The van der Waals surface area contributed by atoms with Gasteiger partial charge < -0.3 is 9.72 Å². The molecule has 0 spiro atoms. The summed E-state index contributed by atoms with van der Waals surface area (Å²) >= 11 is 0. The Balaban J connectivity index is 3.17. The zero-order chi connectivity index (χ0) is 13.7. The van der Waals surface area contributed by atoms with E-state index in [0.29, 0.717) is 12.8 Å². The highest BCUT2D eigenvalue weighted by molar-refractivity contribution is 5.96. The summed E-state index contributed by atoms with van der Waals surface area (Å²) in [5.74, 6) is -0.0259. The van der Waals surface area contributed by atoms with Crippen molar-refractivity contribution >= 4 is 5.78 Å². The van der Waals surface area contributed by atoms with E-state index in [0.717, 1.165) is 17.7 Å². The molecule has 1 aromatic rings. The van der Waals surface area contributed by atoms with Gasteiger partial charge in [-0.05, 0) is 19.8 Å². The summed E-state index contributed by atoms with van der Waals surface area (Å²) in [6, 6.07) is 1.48. The smallest absolute Gasteiger partial charge is 0.224 e. The molecular formula is C14H19NO3. The molecule has 1 heterocycles. The Morgan fingerprint density at radius 1 is 1.50 bits per heavy atom. The van der Waals surface area contributed by atoms with Gasteiger partial charge in [-0.25, -0.2) is 0 Å². The van der Waals surface area contributed by atoms with E-state index < -0.39 is 0 Å². The van der Waals surface area contributed by atoms with Crippen LogP contribution in [0.1, 0.15) is 42.9 Å². The zero-order valence-electron chi connectivity index (χ0n) is 11.1. The lowest BCUT2D eigenvalue weighted by Crippen LogP contribution is -2.15. The Hall–Kier alpha value is -1.84. The molecule has 4 nitrogen and oxygen atoms in total. The second-order valence-corrected chi connectivity index (χ2v) is 4.30. The number of carbonyl (C=O) groups is 1. The summed E-state index contributed by atoms with van der Waals surface area (Å²) in [6.45, 7) is 7.50. The predicted octanol–water partition coefficient (Wildman–Crippen LogP) is 2.48. The van der Waals surface area contributed by atoms with E-state index in [9.17, 15) is 9.59 Å². The van der Waals surface area contributed by atoms with Crippen molar-refractivity contribution in [1.29, 1.82) is 0 Å². The van der Waals surface area contributed by atoms with Crippen LogP contribution in [0, 0.1) is 0 Å². The van der Waals surface area contributed by atoms with E-state index in [1.807, 2.05) is 6.92 Å². The first kappa shape index (κ1) is 14.2. The summed E-state index contributed by atoms with van der Waals surface area (Å²) < 4.78 is 5.00. The highest BCUT2D eigenvalue weighted by Crippen LogP contribution is 2.14. The quantitative estimate of drug-likeness (QED) is 0.622. The molecule has 0 aromatic carbocycles. The standard InChI is InChI=1S/C14H19NO3/c1-5-11(16)13-14(18-4)12(17)8-10(15-13)7-6-9(2)3/h8H,2,5-7H2,1,3-4H3,(H,15,17). The molecule has 0 amide bonds. The van der Waals surface area contributed by atoms with Crippen molar-refractivity contribution < 1.29 is 9.53 Å². The molecule has 4 heteroatoms. The van der Waals surface area contributed by atoms with Gasteiger partial charge in [0.25, 0.3) is 0 Å². The van der Waals surface area contributed by atoms with Crippen LogP contribution < -0.4 is 10.2 Å². The van der Waals surface area contributed by atoms with E-state index in [1.54, 1.807) is 6.92 Å². The molecule has 0 saturated carbocycles. The minimum atomic E-state index is -0.259. The van der Waals surface area contributed by atoms with Gasteiger partial charge in [0.05, 0.1) is 7.11 Å². The molecule has 18 heavy (non-hydrogen) atoms. The average molecular weight is 249 g/mol. The maximum absolute atomic E-state index is 11.8. The number of aromatic nitrogens is 1. The lowest BCUT2D eigenvalue weighted by molar-refractivity contribution is 0.0979. The molecule has 0 fully saturated rings. The molecule has 0 saturated heterocycles. The summed E-state index contributed by atoms with van der Waals surface area (Å²) in [5, 5.41) is 0. The Morgan fingerprint density at radius 2 is 2.17 bits per heavy atom.